The second kappa shape index (κ2) is 7.22. The molecule has 1 aromatic heterocycles. The summed E-state index contributed by atoms with van der Waals surface area (Å²) < 4.78 is 5.35. The summed E-state index contributed by atoms with van der Waals surface area (Å²) in [5.74, 6) is 1.95. The molecule has 142 valence electrons. The number of pyridine rings is 1. The van der Waals surface area contributed by atoms with Gasteiger partial charge in [-0.15, -0.1) is 0 Å². The maximum Gasteiger partial charge on any atom is 0.230 e. The fourth-order valence-corrected chi connectivity index (χ4v) is 3.89. The minimum atomic E-state index is -0.408. The zero-order valence-electron chi connectivity index (χ0n) is 16.1. The van der Waals surface area contributed by atoms with Gasteiger partial charge in [-0.05, 0) is 61.9 Å². The Balaban J connectivity index is 1.52. The van der Waals surface area contributed by atoms with Gasteiger partial charge in [-0.3, -0.25) is 4.79 Å². The van der Waals surface area contributed by atoms with Crippen LogP contribution in [-0.2, 0) is 11.2 Å². The average molecular weight is 365 g/mol. The summed E-state index contributed by atoms with van der Waals surface area (Å²) in [4.78, 5) is 19.9. The predicted octanol–water partition coefficient (Wildman–Crippen LogP) is 3.12. The Labute approximate surface area is 160 Å². The lowest BCUT2D eigenvalue weighted by atomic mass is 9.73. The molecule has 1 saturated heterocycles. The molecule has 0 bridgehead atoms. The summed E-state index contributed by atoms with van der Waals surface area (Å²) in [6.45, 7) is 3.42. The molecule has 0 atom stereocenters. The number of rotatable bonds is 6. The van der Waals surface area contributed by atoms with Gasteiger partial charge in [0.25, 0.3) is 0 Å². The van der Waals surface area contributed by atoms with E-state index in [-0.39, 0.29) is 5.91 Å². The van der Waals surface area contributed by atoms with Gasteiger partial charge >= 0.3 is 0 Å². The van der Waals surface area contributed by atoms with E-state index in [0.717, 1.165) is 35.5 Å². The maximum atomic E-state index is 13.2. The van der Waals surface area contributed by atoms with Gasteiger partial charge in [0.15, 0.2) is 0 Å². The number of aromatic nitrogens is 1. The Morgan fingerprint density at radius 2 is 2.11 bits per heavy atom. The van der Waals surface area contributed by atoms with Gasteiger partial charge in [0.05, 0.1) is 12.5 Å². The fraction of sp³-hybridized carbons (Fsp3) is 0.455. The minimum absolute atomic E-state index is 0.179. The average Bonchev–Trinajstić information content (AvgIpc) is 2.62. The Morgan fingerprint density at radius 3 is 2.74 bits per heavy atom. The van der Waals surface area contributed by atoms with Crippen LogP contribution in [0.25, 0.3) is 0 Å². The molecule has 2 aromatic rings. The first-order valence-corrected chi connectivity index (χ1v) is 9.69. The third-order valence-electron chi connectivity index (χ3n) is 5.81. The molecule has 2 heterocycles. The topological polar surface area (TPSA) is 54.5 Å². The summed E-state index contributed by atoms with van der Waals surface area (Å²) in [5, 5.41) is 3.27. The first-order chi connectivity index (χ1) is 13.1. The van der Waals surface area contributed by atoms with Crippen LogP contribution >= 0.6 is 0 Å². The summed E-state index contributed by atoms with van der Waals surface area (Å²) >= 11 is 0. The van der Waals surface area contributed by atoms with Crippen LogP contribution in [0, 0.1) is 12.3 Å². The highest BCUT2D eigenvalue weighted by molar-refractivity contribution is 5.86. The zero-order chi connectivity index (χ0) is 18.9. The molecule has 5 heteroatoms. The van der Waals surface area contributed by atoms with Crippen LogP contribution in [0.3, 0.4) is 0 Å². The van der Waals surface area contributed by atoms with Crippen molar-refractivity contribution < 1.29 is 9.53 Å². The summed E-state index contributed by atoms with van der Waals surface area (Å²) in [5.41, 5.74) is 1.87. The molecule has 4 rings (SSSR count). The van der Waals surface area contributed by atoms with Gasteiger partial charge in [-0.2, -0.15) is 0 Å². The number of ether oxygens (including phenoxy) is 1. The SMILES string of the molecule is COc1cccc(CC2(C(=O)NC3CCC3)CN(c3ccc(C)cn3)C2)c1. The van der Waals surface area contributed by atoms with Gasteiger partial charge in [0.1, 0.15) is 11.6 Å². The molecule has 0 radical (unpaired) electrons. The second-order valence-corrected chi connectivity index (χ2v) is 7.96. The molecule has 0 spiro atoms. The normalized spacial score (nSPS) is 18.4. The third-order valence-corrected chi connectivity index (χ3v) is 5.81. The van der Waals surface area contributed by atoms with Crippen LogP contribution in [0.5, 0.6) is 5.75 Å². The highest BCUT2D eigenvalue weighted by Gasteiger charge is 2.50. The van der Waals surface area contributed by atoms with E-state index in [0.29, 0.717) is 25.6 Å². The quantitative estimate of drug-likeness (QED) is 0.855. The van der Waals surface area contributed by atoms with E-state index in [9.17, 15) is 4.79 Å². The van der Waals surface area contributed by atoms with Gasteiger partial charge in [0.2, 0.25) is 5.91 Å². The molecular weight excluding hydrogens is 338 g/mol. The molecule has 1 aliphatic heterocycles. The Hall–Kier alpha value is -2.56. The van der Waals surface area contributed by atoms with Crippen LogP contribution in [0.15, 0.2) is 42.6 Å². The van der Waals surface area contributed by atoms with E-state index < -0.39 is 5.41 Å². The number of benzene rings is 1. The Kier molecular flexibility index (Phi) is 4.77. The van der Waals surface area contributed by atoms with Crippen molar-refractivity contribution in [2.24, 2.45) is 5.41 Å². The lowest BCUT2D eigenvalue weighted by Crippen LogP contribution is -2.66. The second-order valence-electron chi connectivity index (χ2n) is 7.96. The third kappa shape index (κ3) is 3.64. The molecule has 27 heavy (non-hydrogen) atoms. The van der Waals surface area contributed by atoms with Crippen LogP contribution in [0.1, 0.15) is 30.4 Å². The van der Waals surface area contributed by atoms with E-state index in [1.54, 1.807) is 7.11 Å². The first kappa shape index (κ1) is 17.8. The van der Waals surface area contributed by atoms with Crippen molar-refractivity contribution in [3.8, 4) is 5.75 Å². The van der Waals surface area contributed by atoms with E-state index in [2.05, 4.69) is 27.3 Å². The van der Waals surface area contributed by atoms with Gasteiger partial charge in [0, 0.05) is 25.3 Å². The molecule has 5 nitrogen and oxygen atoms in total. The number of nitrogens with zero attached hydrogens (tertiary/aromatic N) is 2. The van der Waals surface area contributed by atoms with Crippen molar-refractivity contribution in [2.75, 3.05) is 25.1 Å². The van der Waals surface area contributed by atoms with E-state index in [1.165, 1.54) is 6.42 Å². The highest BCUT2D eigenvalue weighted by Crippen LogP contribution is 2.38. The van der Waals surface area contributed by atoms with Crippen molar-refractivity contribution in [2.45, 2.75) is 38.6 Å². The van der Waals surface area contributed by atoms with E-state index >= 15 is 0 Å². The molecule has 2 fully saturated rings. The molecule has 1 aliphatic carbocycles. The molecule has 1 amide bonds. The zero-order valence-corrected chi connectivity index (χ0v) is 16.1. The number of nitrogens with one attached hydrogen (secondary N) is 1. The standard InChI is InChI=1S/C22H27N3O2/c1-16-9-10-20(23-13-16)25-14-22(15-25,21(26)24-18-6-4-7-18)12-17-5-3-8-19(11-17)27-2/h3,5,8-11,13,18H,4,6-7,12,14-15H2,1-2H3,(H,24,26). The smallest absolute Gasteiger partial charge is 0.230 e. The van der Waals surface area contributed by atoms with Gasteiger partial charge in [-0.1, -0.05) is 18.2 Å². The summed E-state index contributed by atoms with van der Waals surface area (Å²) in [6.07, 6.45) is 6.01. The number of hydrogen-bond donors (Lipinski definition) is 1. The monoisotopic (exact) mass is 365 g/mol. The van der Waals surface area contributed by atoms with Gasteiger partial charge < -0.3 is 15.0 Å². The van der Waals surface area contributed by atoms with Crippen molar-refractivity contribution in [1.29, 1.82) is 0 Å². The number of methoxy groups -OCH3 is 1. The largest absolute Gasteiger partial charge is 0.497 e. The number of aryl methyl sites for hydroxylation is 1. The number of anilines is 1. The van der Waals surface area contributed by atoms with E-state index in [1.807, 2.05) is 37.4 Å². The minimum Gasteiger partial charge on any atom is -0.497 e. The predicted molar refractivity (Wildman–Crippen MR) is 106 cm³/mol. The van der Waals surface area contributed by atoms with Crippen molar-refractivity contribution >= 4 is 11.7 Å². The number of carbonyl (C=O) groups excluding carboxylic acids is 1. The van der Waals surface area contributed by atoms with Crippen LogP contribution in [0.4, 0.5) is 5.82 Å². The van der Waals surface area contributed by atoms with Crippen molar-refractivity contribution in [3.63, 3.8) is 0 Å². The molecule has 2 aliphatic rings. The lowest BCUT2D eigenvalue weighted by molar-refractivity contribution is -0.134. The fourth-order valence-electron chi connectivity index (χ4n) is 3.89. The molecule has 1 N–H and O–H groups in total. The Morgan fingerprint density at radius 1 is 1.30 bits per heavy atom. The highest BCUT2D eigenvalue weighted by atomic mass is 16.5. The Bertz CT molecular complexity index is 809. The molecule has 1 aromatic carbocycles. The maximum absolute atomic E-state index is 13.2. The van der Waals surface area contributed by atoms with Gasteiger partial charge in [-0.25, -0.2) is 4.98 Å². The van der Waals surface area contributed by atoms with Crippen LogP contribution in [-0.4, -0.2) is 37.1 Å². The summed E-state index contributed by atoms with van der Waals surface area (Å²) in [6, 6.07) is 12.5. The molecular formula is C22H27N3O2. The molecule has 1 saturated carbocycles. The number of hydrogen-bond acceptors (Lipinski definition) is 4. The van der Waals surface area contributed by atoms with Crippen LogP contribution < -0.4 is 15.0 Å². The van der Waals surface area contributed by atoms with Crippen LogP contribution in [0.2, 0.25) is 0 Å². The number of amides is 1. The summed E-state index contributed by atoms with van der Waals surface area (Å²) in [7, 11) is 1.67. The van der Waals surface area contributed by atoms with Crippen molar-refractivity contribution in [3.05, 3.63) is 53.7 Å². The van der Waals surface area contributed by atoms with Crippen molar-refractivity contribution in [1.82, 2.24) is 10.3 Å². The number of carbonyl (C=O) groups is 1. The first-order valence-electron chi connectivity index (χ1n) is 9.69. The molecule has 0 unspecified atom stereocenters. The lowest BCUT2D eigenvalue weighted by Gasteiger charge is -2.50. The van der Waals surface area contributed by atoms with E-state index in [4.69, 9.17) is 4.74 Å².